The van der Waals surface area contributed by atoms with Crippen LogP contribution in [0.4, 0.5) is 0 Å². The summed E-state index contributed by atoms with van der Waals surface area (Å²) in [6.45, 7) is 8.07. The molecule has 0 spiro atoms. The predicted octanol–water partition coefficient (Wildman–Crippen LogP) is 4.35. The number of hydrogen-bond acceptors (Lipinski definition) is 4. The van der Waals surface area contributed by atoms with E-state index in [4.69, 9.17) is 9.98 Å². The Morgan fingerprint density at radius 1 is 1.17 bits per heavy atom. The summed E-state index contributed by atoms with van der Waals surface area (Å²) in [5, 5.41) is 5.31. The zero-order valence-electron chi connectivity index (χ0n) is 17.7. The van der Waals surface area contributed by atoms with E-state index >= 15 is 0 Å². The number of fused-ring (bicyclic) bond motifs is 1. The molecule has 1 aliphatic carbocycles. The third-order valence-electron chi connectivity index (χ3n) is 5.68. The molecule has 152 valence electrons. The highest BCUT2D eigenvalue weighted by Crippen LogP contribution is 2.21. The van der Waals surface area contributed by atoms with Crippen LogP contribution in [0.15, 0.2) is 35.6 Å². The molecule has 3 aromatic heterocycles. The maximum atomic E-state index is 13.5. The second kappa shape index (κ2) is 7.93. The van der Waals surface area contributed by atoms with Crippen molar-refractivity contribution in [3.63, 3.8) is 0 Å². The molecule has 0 saturated heterocycles. The van der Waals surface area contributed by atoms with E-state index in [1.807, 2.05) is 42.9 Å². The zero-order chi connectivity index (χ0) is 20.5. The van der Waals surface area contributed by atoms with Gasteiger partial charge >= 0.3 is 0 Å². The Hall–Kier alpha value is -2.76. The Morgan fingerprint density at radius 3 is 2.66 bits per heavy atom. The largest absolute Gasteiger partial charge is 0.268 e. The van der Waals surface area contributed by atoms with Crippen molar-refractivity contribution in [2.45, 2.75) is 71.9 Å². The number of aryl methyl sites for hydroxylation is 2. The normalized spacial score (nSPS) is 16.1. The second-order valence-electron chi connectivity index (χ2n) is 8.38. The van der Waals surface area contributed by atoms with Gasteiger partial charge in [-0.3, -0.25) is 14.4 Å². The number of carbonyl (C=O) groups is 1. The minimum Gasteiger partial charge on any atom is -0.268 e. The lowest BCUT2D eigenvalue weighted by Gasteiger charge is -2.18. The van der Waals surface area contributed by atoms with Gasteiger partial charge in [-0.15, -0.1) is 0 Å². The van der Waals surface area contributed by atoms with Crippen LogP contribution >= 0.6 is 0 Å². The van der Waals surface area contributed by atoms with Crippen LogP contribution in [-0.4, -0.2) is 31.3 Å². The molecule has 0 bridgehead atoms. The molecular weight excluding hydrogens is 362 g/mol. The minimum atomic E-state index is -0.0937. The number of carbonyl (C=O) groups excluding carboxylic acids is 1. The summed E-state index contributed by atoms with van der Waals surface area (Å²) < 4.78 is 3.56. The molecule has 0 unspecified atom stereocenters. The van der Waals surface area contributed by atoms with Gasteiger partial charge in [0.1, 0.15) is 5.49 Å². The van der Waals surface area contributed by atoms with Crippen LogP contribution in [-0.2, 0) is 0 Å². The second-order valence-corrected chi connectivity index (χ2v) is 8.38. The monoisotopic (exact) mass is 391 g/mol. The maximum absolute atomic E-state index is 13.5. The molecule has 1 saturated carbocycles. The van der Waals surface area contributed by atoms with Crippen LogP contribution in [0.1, 0.15) is 73.6 Å². The third-order valence-corrected chi connectivity index (χ3v) is 5.68. The van der Waals surface area contributed by atoms with Crippen LogP contribution < -0.4 is 5.49 Å². The molecule has 0 amide bonds. The van der Waals surface area contributed by atoms with E-state index in [-0.39, 0.29) is 11.9 Å². The lowest BCUT2D eigenvalue weighted by Crippen LogP contribution is -2.30. The molecule has 0 aliphatic heterocycles. The molecule has 3 aromatic rings. The topological polar surface area (TPSA) is 65.1 Å². The molecule has 1 fully saturated rings. The quantitative estimate of drug-likeness (QED) is 0.667. The van der Waals surface area contributed by atoms with Crippen molar-refractivity contribution in [3.8, 4) is 0 Å². The first kappa shape index (κ1) is 19.6. The van der Waals surface area contributed by atoms with E-state index < -0.39 is 0 Å². The summed E-state index contributed by atoms with van der Waals surface area (Å²) in [6.07, 6.45) is 9.53. The molecule has 6 heteroatoms. The molecule has 3 heterocycles. The first-order valence-electron chi connectivity index (χ1n) is 10.6. The summed E-state index contributed by atoms with van der Waals surface area (Å²) in [5.41, 5.74) is 3.96. The number of nitrogens with zero attached hydrogens (tertiary/aromatic N) is 5. The van der Waals surface area contributed by atoms with Gasteiger partial charge in [0.2, 0.25) is 0 Å². The van der Waals surface area contributed by atoms with E-state index in [0.717, 1.165) is 34.9 Å². The molecule has 0 atom stereocenters. The average molecular weight is 392 g/mol. The lowest BCUT2D eigenvalue weighted by molar-refractivity contribution is 0.0953. The summed E-state index contributed by atoms with van der Waals surface area (Å²) in [7, 11) is 0. The summed E-state index contributed by atoms with van der Waals surface area (Å²) in [6, 6.07) is 6.38. The fourth-order valence-corrected chi connectivity index (χ4v) is 4.05. The molecule has 0 N–H and O–H groups in total. The standard InChI is InChI=1S/C23H29N5O/c1-15(2)28-22-18(14-24-28)13-20(17(4)25-22)23(29)27-11-10-16(3)12-21(27)26-19-8-6-5-7-9-19/h10-15,19H,5-9H2,1-4H3. The van der Waals surface area contributed by atoms with Gasteiger partial charge < -0.3 is 0 Å². The first-order valence-corrected chi connectivity index (χ1v) is 10.6. The van der Waals surface area contributed by atoms with E-state index in [1.165, 1.54) is 19.3 Å². The minimum absolute atomic E-state index is 0.0937. The predicted molar refractivity (Wildman–Crippen MR) is 114 cm³/mol. The van der Waals surface area contributed by atoms with Gasteiger partial charge in [0.25, 0.3) is 5.91 Å². The van der Waals surface area contributed by atoms with E-state index in [1.54, 1.807) is 10.8 Å². The fraction of sp³-hybridized carbons (Fsp3) is 0.478. The van der Waals surface area contributed by atoms with Crippen molar-refractivity contribution in [2.24, 2.45) is 4.99 Å². The molecule has 4 rings (SSSR count). The Morgan fingerprint density at radius 2 is 1.93 bits per heavy atom. The van der Waals surface area contributed by atoms with Crippen molar-refractivity contribution in [1.82, 2.24) is 19.3 Å². The van der Waals surface area contributed by atoms with Gasteiger partial charge in [-0.05, 0) is 64.3 Å². The Labute approximate surface area is 171 Å². The highest BCUT2D eigenvalue weighted by molar-refractivity contribution is 5.99. The Kier molecular flexibility index (Phi) is 5.35. The average Bonchev–Trinajstić information content (AvgIpc) is 3.11. The van der Waals surface area contributed by atoms with Gasteiger partial charge in [0.15, 0.2) is 5.65 Å². The van der Waals surface area contributed by atoms with E-state index in [9.17, 15) is 4.79 Å². The maximum Gasteiger partial charge on any atom is 0.265 e. The highest BCUT2D eigenvalue weighted by Gasteiger charge is 2.18. The third kappa shape index (κ3) is 3.88. The number of aromatic nitrogens is 4. The smallest absolute Gasteiger partial charge is 0.265 e. The zero-order valence-corrected chi connectivity index (χ0v) is 17.7. The van der Waals surface area contributed by atoms with Crippen molar-refractivity contribution < 1.29 is 4.79 Å². The first-order chi connectivity index (χ1) is 13.9. The van der Waals surface area contributed by atoms with Crippen molar-refractivity contribution in [3.05, 3.63) is 52.9 Å². The van der Waals surface area contributed by atoms with E-state index in [2.05, 4.69) is 18.9 Å². The lowest BCUT2D eigenvalue weighted by atomic mass is 9.96. The Bertz CT molecular complexity index is 1120. The SMILES string of the molecule is Cc1ccn(C(=O)c2cc3cnn(C(C)C)c3nc2C)c(=NC2CCCCC2)c1. The van der Waals surface area contributed by atoms with Gasteiger partial charge in [0.05, 0.1) is 23.5 Å². The molecule has 29 heavy (non-hydrogen) atoms. The van der Waals surface area contributed by atoms with Crippen LogP contribution in [0.5, 0.6) is 0 Å². The number of rotatable bonds is 3. The van der Waals surface area contributed by atoms with Crippen LogP contribution in [0, 0.1) is 13.8 Å². The van der Waals surface area contributed by atoms with Crippen LogP contribution in [0.25, 0.3) is 11.0 Å². The molecule has 0 radical (unpaired) electrons. The molecule has 6 nitrogen and oxygen atoms in total. The van der Waals surface area contributed by atoms with Crippen LogP contribution in [0.3, 0.4) is 0 Å². The van der Waals surface area contributed by atoms with Gasteiger partial charge in [0, 0.05) is 17.6 Å². The van der Waals surface area contributed by atoms with Gasteiger partial charge in [-0.2, -0.15) is 5.10 Å². The van der Waals surface area contributed by atoms with Crippen LogP contribution in [0.2, 0.25) is 0 Å². The fourth-order valence-electron chi connectivity index (χ4n) is 4.05. The Balaban J connectivity index is 1.79. The summed E-state index contributed by atoms with van der Waals surface area (Å²) in [4.78, 5) is 23.1. The van der Waals surface area contributed by atoms with Crippen molar-refractivity contribution in [2.75, 3.05) is 0 Å². The molecular formula is C23H29N5O. The summed E-state index contributed by atoms with van der Waals surface area (Å²) in [5.74, 6) is -0.0937. The highest BCUT2D eigenvalue weighted by atomic mass is 16.2. The van der Waals surface area contributed by atoms with Crippen molar-refractivity contribution in [1.29, 1.82) is 0 Å². The van der Waals surface area contributed by atoms with Crippen molar-refractivity contribution >= 4 is 16.9 Å². The number of hydrogen-bond donors (Lipinski definition) is 0. The van der Waals surface area contributed by atoms with Gasteiger partial charge in [-0.1, -0.05) is 19.3 Å². The van der Waals surface area contributed by atoms with Gasteiger partial charge in [-0.25, -0.2) is 9.67 Å². The summed E-state index contributed by atoms with van der Waals surface area (Å²) >= 11 is 0. The molecule has 1 aliphatic rings. The van der Waals surface area contributed by atoms with E-state index in [0.29, 0.717) is 17.3 Å². The number of pyridine rings is 2. The molecule has 0 aromatic carbocycles.